The van der Waals surface area contributed by atoms with E-state index in [1.807, 2.05) is 25.1 Å². The molecule has 0 saturated carbocycles. The molecule has 0 bridgehead atoms. The smallest absolute Gasteiger partial charge is 0.270 e. The van der Waals surface area contributed by atoms with E-state index in [0.717, 1.165) is 10.6 Å². The lowest BCUT2D eigenvalue weighted by molar-refractivity contribution is -0.384. The maximum atomic E-state index is 12.6. The average Bonchev–Trinajstić information content (AvgIpc) is 3.11. The molecule has 0 unspecified atom stereocenters. The summed E-state index contributed by atoms with van der Waals surface area (Å²) >= 11 is 2.89. The number of anilines is 1. The fourth-order valence-electron chi connectivity index (χ4n) is 2.34. The van der Waals surface area contributed by atoms with Crippen LogP contribution in [-0.4, -0.2) is 21.6 Å². The molecule has 132 valence electrons. The fraction of sp³-hybridized carbons (Fsp3) is 0.111. The van der Waals surface area contributed by atoms with E-state index in [1.54, 1.807) is 35.3 Å². The van der Waals surface area contributed by atoms with Gasteiger partial charge in [-0.3, -0.25) is 20.2 Å². The van der Waals surface area contributed by atoms with E-state index >= 15 is 0 Å². The summed E-state index contributed by atoms with van der Waals surface area (Å²) < 4.78 is 0. The van der Waals surface area contributed by atoms with Crippen molar-refractivity contribution in [2.75, 3.05) is 11.1 Å². The third-order valence-electron chi connectivity index (χ3n) is 3.51. The summed E-state index contributed by atoms with van der Waals surface area (Å²) in [6, 6.07) is 13.7. The van der Waals surface area contributed by atoms with Crippen LogP contribution in [0.2, 0.25) is 0 Å². The van der Waals surface area contributed by atoms with E-state index < -0.39 is 4.92 Å². The van der Waals surface area contributed by atoms with Crippen molar-refractivity contribution in [3.05, 3.63) is 69.6 Å². The molecule has 2 aromatic carbocycles. The van der Waals surface area contributed by atoms with Crippen LogP contribution in [0.25, 0.3) is 11.3 Å². The Balaban J connectivity index is 1.80. The van der Waals surface area contributed by atoms with Crippen molar-refractivity contribution >= 4 is 39.8 Å². The second-order valence-corrected chi connectivity index (χ2v) is 7.39. The van der Waals surface area contributed by atoms with Crippen LogP contribution in [0.3, 0.4) is 0 Å². The zero-order valence-corrected chi connectivity index (χ0v) is 15.5. The Morgan fingerprint density at radius 2 is 2.08 bits per heavy atom. The van der Waals surface area contributed by atoms with Gasteiger partial charge in [-0.1, -0.05) is 31.2 Å². The first kappa shape index (κ1) is 18.1. The van der Waals surface area contributed by atoms with Gasteiger partial charge in [-0.2, -0.15) is 0 Å². The summed E-state index contributed by atoms with van der Waals surface area (Å²) in [4.78, 5) is 28.3. The Morgan fingerprint density at radius 1 is 1.27 bits per heavy atom. The average molecular weight is 385 g/mol. The largest absolute Gasteiger partial charge is 0.298 e. The number of nitro groups is 1. The first-order chi connectivity index (χ1) is 12.6. The standard InChI is InChI=1S/C18H15N3O3S2/c1-2-25-16-9-4-3-8-14(16)17(22)20-18-19-15(11-26-18)12-6-5-7-13(10-12)21(23)24/h3-11H,2H2,1H3,(H,19,20,22). The lowest BCUT2D eigenvalue weighted by Crippen LogP contribution is -2.12. The van der Waals surface area contributed by atoms with Gasteiger partial charge in [-0.05, 0) is 17.9 Å². The van der Waals surface area contributed by atoms with Crippen molar-refractivity contribution < 1.29 is 9.72 Å². The monoisotopic (exact) mass is 385 g/mol. The number of nitrogens with one attached hydrogen (secondary N) is 1. The number of hydrogen-bond acceptors (Lipinski definition) is 6. The summed E-state index contributed by atoms with van der Waals surface area (Å²) in [6.45, 7) is 2.03. The molecule has 0 saturated heterocycles. The molecule has 8 heteroatoms. The minimum atomic E-state index is -0.444. The van der Waals surface area contributed by atoms with Gasteiger partial charge in [0, 0.05) is 28.0 Å². The van der Waals surface area contributed by atoms with E-state index in [1.165, 1.54) is 23.5 Å². The summed E-state index contributed by atoms with van der Waals surface area (Å²) in [5.74, 6) is 0.653. The first-order valence-corrected chi connectivity index (χ1v) is 9.68. The molecule has 1 N–H and O–H groups in total. The molecular weight excluding hydrogens is 370 g/mol. The Hall–Kier alpha value is -2.71. The van der Waals surface area contributed by atoms with E-state index in [2.05, 4.69) is 10.3 Å². The van der Waals surface area contributed by atoms with Gasteiger partial charge in [0.25, 0.3) is 11.6 Å². The summed E-state index contributed by atoms with van der Waals surface area (Å²) in [5, 5.41) is 15.9. The van der Waals surface area contributed by atoms with Crippen molar-refractivity contribution in [1.29, 1.82) is 0 Å². The van der Waals surface area contributed by atoms with Crippen LogP contribution < -0.4 is 5.32 Å². The van der Waals surface area contributed by atoms with E-state index in [4.69, 9.17) is 0 Å². The third kappa shape index (κ3) is 4.09. The van der Waals surface area contributed by atoms with Gasteiger partial charge in [0.05, 0.1) is 16.2 Å². The van der Waals surface area contributed by atoms with Crippen LogP contribution in [0.1, 0.15) is 17.3 Å². The lowest BCUT2D eigenvalue weighted by atomic mass is 10.1. The van der Waals surface area contributed by atoms with Crippen molar-refractivity contribution in [1.82, 2.24) is 4.98 Å². The van der Waals surface area contributed by atoms with Crippen LogP contribution in [-0.2, 0) is 0 Å². The van der Waals surface area contributed by atoms with Gasteiger partial charge in [-0.15, -0.1) is 23.1 Å². The number of nitro benzene ring substituents is 1. The molecule has 1 amide bonds. The zero-order valence-electron chi connectivity index (χ0n) is 13.8. The van der Waals surface area contributed by atoms with Gasteiger partial charge in [0.2, 0.25) is 0 Å². The zero-order chi connectivity index (χ0) is 18.5. The predicted molar refractivity (Wildman–Crippen MR) is 105 cm³/mol. The number of thioether (sulfide) groups is 1. The number of carbonyl (C=O) groups excluding carboxylic acids is 1. The summed E-state index contributed by atoms with van der Waals surface area (Å²) in [6.07, 6.45) is 0. The van der Waals surface area contributed by atoms with Crippen molar-refractivity contribution in [2.45, 2.75) is 11.8 Å². The Bertz CT molecular complexity index is 956. The number of hydrogen-bond donors (Lipinski definition) is 1. The molecule has 6 nitrogen and oxygen atoms in total. The molecule has 1 aromatic heterocycles. The van der Waals surface area contributed by atoms with Crippen molar-refractivity contribution in [3.63, 3.8) is 0 Å². The first-order valence-electron chi connectivity index (χ1n) is 7.82. The summed E-state index contributed by atoms with van der Waals surface area (Å²) in [5.41, 5.74) is 1.83. The maximum absolute atomic E-state index is 12.6. The molecular formula is C18H15N3O3S2. The van der Waals surface area contributed by atoms with Crippen molar-refractivity contribution in [2.24, 2.45) is 0 Å². The molecule has 0 aliphatic carbocycles. The third-order valence-corrected chi connectivity index (χ3v) is 5.22. The van der Waals surface area contributed by atoms with Crippen molar-refractivity contribution in [3.8, 4) is 11.3 Å². The number of amides is 1. The molecule has 0 aliphatic heterocycles. The number of carbonyl (C=O) groups is 1. The summed E-state index contributed by atoms with van der Waals surface area (Å²) in [7, 11) is 0. The highest BCUT2D eigenvalue weighted by Crippen LogP contribution is 2.28. The predicted octanol–water partition coefficient (Wildman–Crippen LogP) is 5.08. The second-order valence-electron chi connectivity index (χ2n) is 5.23. The van der Waals surface area contributed by atoms with Gasteiger partial charge in [0.1, 0.15) is 0 Å². The highest BCUT2D eigenvalue weighted by atomic mass is 32.2. The highest BCUT2D eigenvalue weighted by molar-refractivity contribution is 7.99. The van der Waals surface area contributed by atoms with E-state index in [0.29, 0.717) is 22.0 Å². The number of rotatable bonds is 6. The minimum absolute atomic E-state index is 0.00611. The number of non-ortho nitro benzene ring substituents is 1. The highest BCUT2D eigenvalue weighted by Gasteiger charge is 2.14. The molecule has 0 fully saturated rings. The lowest BCUT2D eigenvalue weighted by Gasteiger charge is -2.07. The number of thiazole rings is 1. The van der Waals surface area contributed by atoms with Crippen LogP contribution in [0, 0.1) is 10.1 Å². The van der Waals surface area contributed by atoms with Crippen LogP contribution in [0.15, 0.2) is 58.8 Å². The van der Waals surface area contributed by atoms with Gasteiger partial charge in [0.15, 0.2) is 5.13 Å². The molecule has 26 heavy (non-hydrogen) atoms. The van der Waals surface area contributed by atoms with Gasteiger partial charge < -0.3 is 0 Å². The van der Waals surface area contributed by atoms with Gasteiger partial charge in [-0.25, -0.2) is 4.98 Å². The van der Waals surface area contributed by atoms with Crippen LogP contribution in [0.5, 0.6) is 0 Å². The molecule has 0 atom stereocenters. The Labute approximate surface area is 158 Å². The minimum Gasteiger partial charge on any atom is -0.298 e. The normalized spacial score (nSPS) is 10.5. The maximum Gasteiger partial charge on any atom is 0.270 e. The Morgan fingerprint density at radius 3 is 2.85 bits per heavy atom. The molecule has 0 radical (unpaired) electrons. The Kier molecular flexibility index (Phi) is 5.65. The van der Waals surface area contributed by atoms with E-state index in [-0.39, 0.29) is 11.6 Å². The number of aromatic nitrogens is 1. The molecule has 3 aromatic rings. The SMILES string of the molecule is CCSc1ccccc1C(=O)Nc1nc(-c2cccc([N+](=O)[O-])c2)cs1. The molecule has 1 heterocycles. The second kappa shape index (κ2) is 8.11. The molecule has 0 aliphatic rings. The van der Waals surface area contributed by atoms with Gasteiger partial charge >= 0.3 is 0 Å². The van der Waals surface area contributed by atoms with Crippen LogP contribution >= 0.6 is 23.1 Å². The molecule has 0 spiro atoms. The number of benzene rings is 2. The van der Waals surface area contributed by atoms with E-state index in [9.17, 15) is 14.9 Å². The van der Waals surface area contributed by atoms with Crippen LogP contribution in [0.4, 0.5) is 10.8 Å². The topological polar surface area (TPSA) is 85.1 Å². The number of nitrogens with zero attached hydrogens (tertiary/aromatic N) is 2. The quantitative estimate of drug-likeness (QED) is 0.363. The fourth-order valence-corrected chi connectivity index (χ4v) is 3.86. The molecule has 3 rings (SSSR count).